The number of aryl methyl sites for hydroxylation is 1. The zero-order valence-electron chi connectivity index (χ0n) is 18.9. The van der Waals surface area contributed by atoms with Crippen LogP contribution in [0.5, 0.6) is 5.88 Å². The maximum absolute atomic E-state index is 14.3. The summed E-state index contributed by atoms with van der Waals surface area (Å²) in [5.41, 5.74) is 0.837. The quantitative estimate of drug-likeness (QED) is 0.541. The first kappa shape index (κ1) is 22.8. The lowest BCUT2D eigenvalue weighted by molar-refractivity contribution is -0.106. The van der Waals surface area contributed by atoms with E-state index in [2.05, 4.69) is 26.3 Å². The summed E-state index contributed by atoms with van der Waals surface area (Å²) >= 11 is 0. The summed E-state index contributed by atoms with van der Waals surface area (Å²) in [6.45, 7) is 4.63. The molecule has 172 valence electrons. The second-order valence-corrected chi connectivity index (χ2v) is 8.52. The number of aliphatic hydroxyl groups is 1. The SMILES string of the molecule is COc1nc2nc(C)nc(N[C@H](C)c3cccc(C(F)(F)[C@@H](C)O)c3)c2cc1C1(C#N)CC1. The molecule has 7 nitrogen and oxygen atoms in total. The third-order valence-electron chi connectivity index (χ3n) is 6.09. The first-order valence-electron chi connectivity index (χ1n) is 10.7. The van der Waals surface area contributed by atoms with Gasteiger partial charge in [-0.1, -0.05) is 18.2 Å². The number of aliphatic hydroxyl groups excluding tert-OH is 1. The van der Waals surface area contributed by atoms with Crippen molar-refractivity contribution in [2.75, 3.05) is 12.4 Å². The second kappa shape index (κ2) is 8.19. The fraction of sp³-hybridized carbons (Fsp3) is 0.417. The van der Waals surface area contributed by atoms with Crippen LogP contribution in [0.3, 0.4) is 0 Å². The smallest absolute Gasteiger partial charge is 0.298 e. The Morgan fingerprint density at radius 1 is 1.21 bits per heavy atom. The van der Waals surface area contributed by atoms with E-state index in [1.165, 1.54) is 25.3 Å². The molecule has 1 aliphatic carbocycles. The summed E-state index contributed by atoms with van der Waals surface area (Å²) in [6, 6.07) is 9.76. The van der Waals surface area contributed by atoms with E-state index in [0.717, 1.165) is 19.8 Å². The molecule has 0 saturated heterocycles. The molecule has 4 rings (SSSR count). The highest BCUT2D eigenvalue weighted by Crippen LogP contribution is 2.51. The minimum Gasteiger partial charge on any atom is -0.481 e. The molecule has 1 aromatic carbocycles. The van der Waals surface area contributed by atoms with Gasteiger partial charge in [0.05, 0.1) is 24.0 Å². The maximum Gasteiger partial charge on any atom is 0.298 e. The number of benzene rings is 1. The fourth-order valence-electron chi connectivity index (χ4n) is 3.87. The third-order valence-corrected chi connectivity index (χ3v) is 6.09. The Balaban J connectivity index is 1.75. The van der Waals surface area contributed by atoms with Crippen LogP contribution in [0.2, 0.25) is 0 Å². The van der Waals surface area contributed by atoms with Crippen molar-refractivity contribution in [2.24, 2.45) is 0 Å². The Bertz CT molecular complexity index is 1250. The van der Waals surface area contributed by atoms with Crippen molar-refractivity contribution in [3.8, 4) is 11.9 Å². The summed E-state index contributed by atoms with van der Waals surface area (Å²) in [7, 11) is 1.51. The average molecular weight is 453 g/mol. The van der Waals surface area contributed by atoms with E-state index in [1.807, 2.05) is 13.0 Å². The topological polar surface area (TPSA) is 104 Å². The van der Waals surface area contributed by atoms with Gasteiger partial charge in [-0.2, -0.15) is 19.0 Å². The van der Waals surface area contributed by atoms with E-state index in [0.29, 0.717) is 39.7 Å². The Morgan fingerprint density at radius 2 is 1.94 bits per heavy atom. The van der Waals surface area contributed by atoms with Crippen LogP contribution in [-0.2, 0) is 11.3 Å². The minimum absolute atomic E-state index is 0.259. The van der Waals surface area contributed by atoms with E-state index in [-0.39, 0.29) is 11.6 Å². The summed E-state index contributed by atoms with van der Waals surface area (Å²) in [6.07, 6.45) is -0.356. The number of alkyl halides is 2. The van der Waals surface area contributed by atoms with Crippen LogP contribution in [0.25, 0.3) is 11.0 Å². The van der Waals surface area contributed by atoms with Crippen LogP contribution in [0, 0.1) is 18.3 Å². The molecule has 3 aromatic rings. The van der Waals surface area contributed by atoms with Crippen LogP contribution in [0.4, 0.5) is 14.6 Å². The molecular formula is C24H25F2N5O2. The van der Waals surface area contributed by atoms with E-state index >= 15 is 0 Å². The summed E-state index contributed by atoms with van der Waals surface area (Å²) in [4.78, 5) is 13.4. The molecule has 2 atom stereocenters. The number of fused-ring (bicyclic) bond motifs is 1. The van der Waals surface area contributed by atoms with Gasteiger partial charge in [-0.05, 0) is 51.3 Å². The van der Waals surface area contributed by atoms with Crippen molar-refractivity contribution in [3.63, 3.8) is 0 Å². The van der Waals surface area contributed by atoms with E-state index in [9.17, 15) is 19.1 Å². The van der Waals surface area contributed by atoms with Gasteiger partial charge in [-0.25, -0.2) is 9.97 Å². The molecular weight excluding hydrogens is 428 g/mol. The van der Waals surface area contributed by atoms with E-state index < -0.39 is 17.4 Å². The molecule has 0 spiro atoms. The van der Waals surface area contributed by atoms with Gasteiger partial charge in [0.15, 0.2) is 5.65 Å². The lowest BCUT2D eigenvalue weighted by atomic mass is 9.97. The molecule has 1 fully saturated rings. The van der Waals surface area contributed by atoms with Crippen molar-refractivity contribution in [1.82, 2.24) is 15.0 Å². The number of halogens is 2. The molecule has 0 amide bonds. The normalized spacial score (nSPS) is 16.7. The first-order chi connectivity index (χ1) is 15.6. The Hall–Kier alpha value is -3.38. The van der Waals surface area contributed by atoms with Crippen LogP contribution in [0.15, 0.2) is 30.3 Å². The number of anilines is 1. The van der Waals surface area contributed by atoms with Crippen molar-refractivity contribution >= 4 is 16.9 Å². The van der Waals surface area contributed by atoms with Crippen molar-refractivity contribution in [2.45, 2.75) is 57.1 Å². The van der Waals surface area contributed by atoms with Gasteiger partial charge in [-0.15, -0.1) is 0 Å². The fourth-order valence-corrected chi connectivity index (χ4v) is 3.87. The zero-order valence-corrected chi connectivity index (χ0v) is 18.9. The Labute approximate surface area is 190 Å². The van der Waals surface area contributed by atoms with E-state index in [4.69, 9.17) is 4.74 Å². The predicted octanol–water partition coefficient (Wildman–Crippen LogP) is 4.54. The highest BCUT2D eigenvalue weighted by atomic mass is 19.3. The van der Waals surface area contributed by atoms with Crippen LogP contribution >= 0.6 is 0 Å². The summed E-state index contributed by atoms with van der Waals surface area (Å²) in [5, 5.41) is 23.1. The van der Waals surface area contributed by atoms with Crippen LogP contribution in [0.1, 0.15) is 55.2 Å². The molecule has 2 aromatic heterocycles. The van der Waals surface area contributed by atoms with Gasteiger partial charge < -0.3 is 15.2 Å². The molecule has 0 bridgehead atoms. The Kier molecular flexibility index (Phi) is 5.66. The number of nitrogens with one attached hydrogen (secondary N) is 1. The van der Waals surface area contributed by atoms with Gasteiger partial charge in [-0.3, -0.25) is 0 Å². The van der Waals surface area contributed by atoms with Crippen LogP contribution in [-0.4, -0.2) is 33.3 Å². The number of aromatic nitrogens is 3. The number of nitriles is 1. The number of pyridine rings is 1. The monoisotopic (exact) mass is 453 g/mol. The first-order valence-corrected chi connectivity index (χ1v) is 10.7. The van der Waals surface area contributed by atoms with Gasteiger partial charge in [0, 0.05) is 17.2 Å². The number of methoxy groups -OCH3 is 1. The molecule has 1 saturated carbocycles. The molecule has 0 aliphatic heterocycles. The molecule has 2 N–H and O–H groups in total. The summed E-state index contributed by atoms with van der Waals surface area (Å²) in [5.74, 6) is -2.02. The van der Waals surface area contributed by atoms with Gasteiger partial charge >= 0.3 is 0 Å². The standard InChI is InChI=1S/C24H25F2N5O2/c1-13(16-6-5-7-17(10-16)24(25,26)14(2)32)28-20-18-11-19(23(12-27)8-9-23)22(33-4)31-21(18)30-15(3)29-20/h5-7,10-11,13-14,32H,8-9H2,1-4H3,(H,28,29,30,31)/t13-,14-/m1/s1. The lowest BCUT2D eigenvalue weighted by Gasteiger charge is -2.22. The minimum atomic E-state index is -3.36. The molecule has 9 heteroatoms. The average Bonchev–Trinajstić information content (AvgIpc) is 3.59. The number of hydrogen-bond donors (Lipinski definition) is 2. The molecule has 33 heavy (non-hydrogen) atoms. The largest absolute Gasteiger partial charge is 0.481 e. The lowest BCUT2D eigenvalue weighted by Crippen LogP contribution is -2.28. The van der Waals surface area contributed by atoms with Gasteiger partial charge in [0.1, 0.15) is 17.7 Å². The number of hydrogen-bond acceptors (Lipinski definition) is 7. The maximum atomic E-state index is 14.3. The summed E-state index contributed by atoms with van der Waals surface area (Å²) < 4.78 is 34.1. The number of nitrogens with zero attached hydrogens (tertiary/aromatic N) is 4. The highest BCUT2D eigenvalue weighted by Gasteiger charge is 2.47. The van der Waals surface area contributed by atoms with Gasteiger partial charge in [0.25, 0.3) is 5.92 Å². The molecule has 0 radical (unpaired) electrons. The Morgan fingerprint density at radius 3 is 2.55 bits per heavy atom. The van der Waals surface area contributed by atoms with Gasteiger partial charge in [0.2, 0.25) is 5.88 Å². The number of ether oxygens (including phenoxy) is 1. The molecule has 2 heterocycles. The molecule has 1 aliphatic rings. The number of rotatable bonds is 7. The molecule has 0 unspecified atom stereocenters. The van der Waals surface area contributed by atoms with E-state index in [1.54, 1.807) is 13.0 Å². The highest BCUT2D eigenvalue weighted by molar-refractivity contribution is 5.88. The predicted molar refractivity (Wildman–Crippen MR) is 119 cm³/mol. The van der Waals surface area contributed by atoms with Crippen molar-refractivity contribution in [3.05, 3.63) is 52.8 Å². The van der Waals surface area contributed by atoms with Crippen molar-refractivity contribution in [1.29, 1.82) is 5.26 Å². The second-order valence-electron chi connectivity index (χ2n) is 8.52. The third kappa shape index (κ3) is 4.07. The zero-order chi connectivity index (χ0) is 24.0. The van der Waals surface area contributed by atoms with Crippen LogP contribution < -0.4 is 10.1 Å². The van der Waals surface area contributed by atoms with Crippen molar-refractivity contribution < 1.29 is 18.6 Å².